The number of hydrogen-bond acceptors (Lipinski definition) is 4. The number of carbonyl (C=O) groups excluding carboxylic acids is 1. The Labute approximate surface area is 152 Å². The van der Waals surface area contributed by atoms with Crippen LogP contribution in [0.5, 0.6) is 0 Å². The Morgan fingerprint density at radius 2 is 2.12 bits per heavy atom. The third-order valence-corrected chi connectivity index (χ3v) is 5.27. The van der Waals surface area contributed by atoms with E-state index in [9.17, 15) is 9.59 Å². The van der Waals surface area contributed by atoms with Gasteiger partial charge in [-0.1, -0.05) is 24.3 Å². The molecule has 2 aliphatic rings. The molecule has 2 aromatic rings. The zero-order chi connectivity index (χ0) is 17.9. The van der Waals surface area contributed by atoms with Crippen LogP contribution < -0.4 is 10.9 Å². The number of anilines is 1. The molecule has 6 nitrogen and oxygen atoms in total. The lowest BCUT2D eigenvalue weighted by atomic mass is 10.1. The molecule has 1 saturated heterocycles. The molecule has 1 aromatic heterocycles. The predicted molar refractivity (Wildman–Crippen MR) is 100 cm³/mol. The average molecular weight is 352 g/mol. The molecule has 0 radical (unpaired) electrons. The van der Waals surface area contributed by atoms with E-state index in [1.165, 1.54) is 11.1 Å². The van der Waals surface area contributed by atoms with Crippen LogP contribution in [0.15, 0.2) is 35.1 Å². The van der Waals surface area contributed by atoms with E-state index in [1.54, 1.807) is 6.07 Å². The molecular weight excluding hydrogens is 328 g/mol. The first-order valence-corrected chi connectivity index (χ1v) is 9.41. The third kappa shape index (κ3) is 3.64. The number of nitrogens with zero attached hydrogens (tertiary/aromatic N) is 2. The van der Waals surface area contributed by atoms with Crippen LogP contribution in [0.2, 0.25) is 0 Å². The Bertz CT molecular complexity index is 861. The minimum absolute atomic E-state index is 0.138. The number of aromatic nitrogens is 2. The van der Waals surface area contributed by atoms with Crippen LogP contribution in [-0.2, 0) is 17.6 Å². The van der Waals surface area contributed by atoms with Gasteiger partial charge < -0.3 is 10.2 Å². The van der Waals surface area contributed by atoms with E-state index in [1.807, 2.05) is 11.0 Å². The van der Waals surface area contributed by atoms with Crippen molar-refractivity contribution < 1.29 is 4.79 Å². The summed E-state index contributed by atoms with van der Waals surface area (Å²) in [5.41, 5.74) is 3.28. The maximum absolute atomic E-state index is 12.0. The number of aryl methyl sites for hydroxylation is 2. The first kappa shape index (κ1) is 16.8. The van der Waals surface area contributed by atoms with Crippen molar-refractivity contribution in [2.24, 2.45) is 0 Å². The summed E-state index contributed by atoms with van der Waals surface area (Å²) in [4.78, 5) is 33.0. The van der Waals surface area contributed by atoms with Gasteiger partial charge in [0.2, 0.25) is 11.9 Å². The summed E-state index contributed by atoms with van der Waals surface area (Å²) in [6.45, 7) is 1.60. The van der Waals surface area contributed by atoms with Gasteiger partial charge in [0.15, 0.2) is 0 Å². The Hall–Kier alpha value is -2.63. The summed E-state index contributed by atoms with van der Waals surface area (Å²) in [6.07, 6.45) is 5.20. The number of carbonyl (C=O) groups is 1. The Morgan fingerprint density at radius 1 is 1.23 bits per heavy atom. The van der Waals surface area contributed by atoms with Crippen molar-refractivity contribution in [3.05, 3.63) is 57.5 Å². The molecule has 1 amide bonds. The fourth-order valence-corrected chi connectivity index (χ4v) is 3.97. The molecule has 0 unspecified atom stereocenters. The highest BCUT2D eigenvalue weighted by Gasteiger charge is 2.22. The van der Waals surface area contributed by atoms with Crippen molar-refractivity contribution in [2.45, 2.75) is 44.6 Å². The molecule has 1 fully saturated rings. The molecule has 1 aromatic carbocycles. The van der Waals surface area contributed by atoms with Crippen molar-refractivity contribution >= 4 is 11.9 Å². The fraction of sp³-hybridized carbons (Fsp3) is 0.450. The van der Waals surface area contributed by atoms with Gasteiger partial charge in [0.25, 0.3) is 5.56 Å². The lowest BCUT2D eigenvalue weighted by molar-refractivity contribution is -0.127. The Balaban J connectivity index is 1.40. The second kappa shape index (κ2) is 7.32. The average Bonchev–Trinajstić information content (AvgIpc) is 3.21. The summed E-state index contributed by atoms with van der Waals surface area (Å²) >= 11 is 0. The summed E-state index contributed by atoms with van der Waals surface area (Å²) in [6, 6.07) is 10.1. The maximum Gasteiger partial charge on any atom is 0.252 e. The topological polar surface area (TPSA) is 78.1 Å². The molecule has 4 rings (SSSR count). The predicted octanol–water partition coefficient (Wildman–Crippen LogP) is 2.42. The number of amides is 1. The number of benzene rings is 1. The van der Waals surface area contributed by atoms with Crippen LogP contribution >= 0.6 is 0 Å². The van der Waals surface area contributed by atoms with Crippen LogP contribution in [-0.4, -0.2) is 33.9 Å². The summed E-state index contributed by atoms with van der Waals surface area (Å²) < 4.78 is 0. The largest absolute Gasteiger partial charge is 0.349 e. The highest BCUT2D eigenvalue weighted by molar-refractivity contribution is 5.77. The van der Waals surface area contributed by atoms with Gasteiger partial charge in [-0.05, 0) is 43.2 Å². The van der Waals surface area contributed by atoms with Crippen molar-refractivity contribution in [3.8, 4) is 0 Å². The first-order chi connectivity index (χ1) is 12.7. The van der Waals surface area contributed by atoms with Gasteiger partial charge in [0.1, 0.15) is 0 Å². The summed E-state index contributed by atoms with van der Waals surface area (Å²) in [5.74, 6) is 0.776. The third-order valence-electron chi connectivity index (χ3n) is 5.27. The number of fused-ring (bicyclic) bond motifs is 1. The molecule has 1 aliphatic heterocycles. The standard InChI is InChI=1S/C20H24N4O2/c25-18-13-15(6-3-11-24-12-4-8-19(24)26)21-20(23-18)22-17-10-9-14-5-1-2-7-16(14)17/h1-2,5,7,13,17H,3-4,6,8-12H2,(H2,21,22,23,25)/t17-/m0/s1. The van der Waals surface area contributed by atoms with Crippen LogP contribution in [0.1, 0.15) is 48.5 Å². The maximum atomic E-state index is 12.0. The van der Waals surface area contributed by atoms with E-state index < -0.39 is 0 Å². The van der Waals surface area contributed by atoms with Gasteiger partial charge in [-0.15, -0.1) is 0 Å². The van der Waals surface area contributed by atoms with Gasteiger partial charge in [-0.2, -0.15) is 0 Å². The van der Waals surface area contributed by atoms with Crippen molar-refractivity contribution in [3.63, 3.8) is 0 Å². The van der Waals surface area contributed by atoms with E-state index in [2.05, 4.69) is 33.5 Å². The minimum atomic E-state index is -0.138. The molecule has 6 heteroatoms. The van der Waals surface area contributed by atoms with Crippen molar-refractivity contribution in [1.29, 1.82) is 0 Å². The Morgan fingerprint density at radius 3 is 2.96 bits per heavy atom. The molecule has 26 heavy (non-hydrogen) atoms. The van der Waals surface area contributed by atoms with E-state index in [-0.39, 0.29) is 17.5 Å². The van der Waals surface area contributed by atoms with Gasteiger partial charge in [-0.25, -0.2) is 4.98 Å². The molecular formula is C20H24N4O2. The lowest BCUT2D eigenvalue weighted by Gasteiger charge is -2.16. The van der Waals surface area contributed by atoms with E-state index in [0.717, 1.165) is 44.5 Å². The van der Waals surface area contributed by atoms with Gasteiger partial charge in [-0.3, -0.25) is 14.6 Å². The smallest absolute Gasteiger partial charge is 0.252 e. The van der Waals surface area contributed by atoms with Crippen molar-refractivity contribution in [1.82, 2.24) is 14.9 Å². The molecule has 2 N–H and O–H groups in total. The molecule has 0 saturated carbocycles. The summed E-state index contributed by atoms with van der Waals surface area (Å²) in [5, 5.41) is 3.39. The molecule has 1 atom stereocenters. The minimum Gasteiger partial charge on any atom is -0.349 e. The zero-order valence-electron chi connectivity index (χ0n) is 14.8. The van der Waals surface area contributed by atoms with Crippen molar-refractivity contribution in [2.75, 3.05) is 18.4 Å². The van der Waals surface area contributed by atoms with E-state index in [0.29, 0.717) is 18.8 Å². The first-order valence-electron chi connectivity index (χ1n) is 9.41. The molecule has 2 heterocycles. The van der Waals surface area contributed by atoms with Crippen LogP contribution in [0.25, 0.3) is 0 Å². The SMILES string of the molecule is O=C1CCCN1CCCc1cc(=O)[nH]c(N[C@H]2CCc3ccccc32)n1. The van der Waals surface area contributed by atoms with Crippen LogP contribution in [0, 0.1) is 0 Å². The molecule has 0 bridgehead atoms. The number of aromatic amines is 1. The number of nitrogens with one attached hydrogen (secondary N) is 2. The lowest BCUT2D eigenvalue weighted by Crippen LogP contribution is -2.26. The second-order valence-corrected chi connectivity index (χ2v) is 7.11. The number of hydrogen-bond donors (Lipinski definition) is 2. The number of likely N-dealkylation sites (tertiary alicyclic amines) is 1. The normalized spacial score (nSPS) is 19.0. The molecule has 136 valence electrons. The fourth-order valence-electron chi connectivity index (χ4n) is 3.97. The molecule has 0 spiro atoms. The van der Waals surface area contributed by atoms with E-state index in [4.69, 9.17) is 0 Å². The number of H-pyrrole nitrogens is 1. The quantitative estimate of drug-likeness (QED) is 0.837. The number of rotatable bonds is 6. The van der Waals surface area contributed by atoms with Gasteiger partial charge >= 0.3 is 0 Å². The van der Waals surface area contributed by atoms with Gasteiger partial charge in [0.05, 0.1) is 6.04 Å². The Kier molecular flexibility index (Phi) is 4.73. The zero-order valence-corrected chi connectivity index (χ0v) is 14.8. The highest BCUT2D eigenvalue weighted by Crippen LogP contribution is 2.32. The molecule has 1 aliphatic carbocycles. The van der Waals surface area contributed by atoms with E-state index >= 15 is 0 Å². The second-order valence-electron chi connectivity index (χ2n) is 7.11. The highest BCUT2D eigenvalue weighted by atomic mass is 16.2. The van der Waals surface area contributed by atoms with Gasteiger partial charge in [0, 0.05) is 31.3 Å². The van der Waals surface area contributed by atoms with Crippen LogP contribution in [0.3, 0.4) is 0 Å². The monoisotopic (exact) mass is 352 g/mol. The van der Waals surface area contributed by atoms with Crippen LogP contribution in [0.4, 0.5) is 5.95 Å². The summed E-state index contributed by atoms with van der Waals surface area (Å²) in [7, 11) is 0.